The summed E-state index contributed by atoms with van der Waals surface area (Å²) in [5, 5.41) is 117. The molecule has 0 spiro atoms. The number of phenolic OH excluding ortho intramolecular Hbond substituents is 4. The Labute approximate surface area is 770 Å². The van der Waals surface area contributed by atoms with Gasteiger partial charge < -0.3 is 134 Å². The first-order valence-corrected chi connectivity index (χ1v) is 43.9. The van der Waals surface area contributed by atoms with E-state index < -0.39 is 162 Å². The Bertz CT molecular complexity index is 4520. The minimum absolute atomic E-state index is 0.000802. The van der Waals surface area contributed by atoms with Crippen molar-refractivity contribution in [3.8, 4) is 23.0 Å². The number of nitrogens with two attached hydrogens (primary N) is 5. The van der Waals surface area contributed by atoms with E-state index in [1.165, 1.54) is 97.1 Å². The first-order valence-electron chi connectivity index (χ1n) is 45.2. The predicted molar refractivity (Wildman–Crippen MR) is 493 cm³/mol. The zero-order chi connectivity index (χ0) is 99.4. The lowest BCUT2D eigenvalue weighted by atomic mass is 10.00. The highest BCUT2D eigenvalue weighted by molar-refractivity contribution is 5.99. The largest absolute Gasteiger partial charge is 0.508 e. The van der Waals surface area contributed by atoms with Crippen LogP contribution in [0.15, 0.2) is 97.1 Å². The summed E-state index contributed by atoms with van der Waals surface area (Å²) in [5.41, 5.74) is 30.0. The Morgan fingerprint density at radius 1 is 0.311 bits per heavy atom. The molecule has 1 unspecified atom stereocenters. The average Bonchev–Trinajstić information content (AvgIpc) is 0.852. The summed E-state index contributed by atoms with van der Waals surface area (Å²) < 4.78 is 14.8. The maximum Gasteiger partial charge on any atom is 0.321 e. The fourth-order valence-electron chi connectivity index (χ4n) is 13.5. The number of hydrogen-bond donors (Lipinski definition) is 30. The van der Waals surface area contributed by atoms with Crippen LogP contribution >= 0.6 is 0 Å². The first kappa shape index (κ1) is 107. The van der Waals surface area contributed by atoms with Gasteiger partial charge in [0.05, 0.1) is 0 Å². The van der Waals surface area contributed by atoms with Crippen molar-refractivity contribution >= 4 is 107 Å². The molecule has 15 amide bonds. The molecule has 0 aliphatic rings. The molecule has 0 radical (unpaired) electrons. The van der Waals surface area contributed by atoms with Crippen molar-refractivity contribution < 1.29 is 90.3 Å². The van der Waals surface area contributed by atoms with Crippen LogP contribution in [-0.4, -0.2) is 227 Å². The van der Waals surface area contributed by atoms with E-state index in [1.54, 1.807) is 27.7 Å². The van der Waals surface area contributed by atoms with Gasteiger partial charge in [0.15, 0.2) is 23.8 Å². The fraction of sp³-hybridized carbons (Fsp3) is 0.523. The zero-order valence-corrected chi connectivity index (χ0v) is 75.1. The number of carbonyl (C=O) groups excluding carboxylic acids is 14. The SMILES string of the molecule is [3H]CC([3H])C(=O)NCCCCNC(=O)NC(=N)NCCC[C@H](NC(=O)[C@H](Cc1ccc(O)cc1)NC(=O)CCCCCCC(=O)N[C@@H](Cc1ccc(O)cc1)C(=O)N[C@@H](CCCNC(=N)N)C(=O)N[C@@H](CC(C)C)C(=O)N[C@@H](CCCNC(=N)N)C(=O)N[C@@H](Cc1ccc(O)cc1)C(N)=O)C(=O)N[C@@H](CC(C)C)C(=O)N[C@@H](CCCNC(=N)N)C(=O)N[C@@H](Cc1ccc(O)cc1)C(N)=O. The number of aromatic hydroxyl groups is 4. The molecule has 0 aliphatic heterocycles. The van der Waals surface area contributed by atoms with Gasteiger partial charge in [-0.15, -0.1) is 0 Å². The molecule has 0 saturated heterocycles. The fourth-order valence-corrected chi connectivity index (χ4v) is 13.5. The lowest BCUT2D eigenvalue weighted by molar-refractivity contribution is -0.135. The van der Waals surface area contributed by atoms with Gasteiger partial charge >= 0.3 is 6.03 Å². The quantitative estimate of drug-likeness (QED) is 0.0139. The number of nitrogens with one attached hydrogen (secondary N) is 21. The first-order chi connectivity index (χ1) is 63.6. The van der Waals surface area contributed by atoms with Gasteiger partial charge in [0.2, 0.25) is 76.8 Å². The summed E-state index contributed by atoms with van der Waals surface area (Å²) in [4.78, 5) is 195. The van der Waals surface area contributed by atoms with Gasteiger partial charge in [0, 0.05) is 86.9 Å². The lowest BCUT2D eigenvalue weighted by Gasteiger charge is -2.28. The van der Waals surface area contributed by atoms with Crippen molar-refractivity contribution in [1.82, 2.24) is 90.4 Å². The molecule has 132 heavy (non-hydrogen) atoms. The third kappa shape index (κ3) is 46.1. The van der Waals surface area contributed by atoms with Crippen molar-refractivity contribution in [2.45, 2.75) is 243 Å². The molecule has 44 nitrogen and oxygen atoms in total. The number of urea groups is 1. The molecule has 0 bridgehead atoms. The van der Waals surface area contributed by atoms with Crippen LogP contribution in [0.3, 0.4) is 0 Å². The molecule has 4 aromatic rings. The van der Waals surface area contributed by atoms with Gasteiger partial charge in [-0.2, -0.15) is 0 Å². The van der Waals surface area contributed by atoms with Gasteiger partial charge in [-0.25, -0.2) is 4.79 Å². The molecule has 0 heterocycles. The van der Waals surface area contributed by atoms with E-state index in [2.05, 4.69) is 90.4 Å². The Kier molecular flexibility index (Phi) is 48.2. The number of carbonyl (C=O) groups is 14. The predicted octanol–water partition coefficient (Wildman–Crippen LogP) is -1.27. The van der Waals surface area contributed by atoms with E-state index in [-0.39, 0.29) is 208 Å². The number of benzene rings is 4. The van der Waals surface area contributed by atoms with Crippen LogP contribution in [0.4, 0.5) is 4.79 Å². The minimum Gasteiger partial charge on any atom is -0.508 e. The monoisotopic (exact) mass is 1850 g/mol. The van der Waals surface area contributed by atoms with Gasteiger partial charge in [-0.05, 0) is 173 Å². The highest BCUT2D eigenvalue weighted by atomic mass is 16.3. The third-order valence-corrected chi connectivity index (χ3v) is 20.4. The molecule has 11 atom stereocenters. The molecule has 35 N–H and O–H groups in total. The normalized spacial score (nSPS) is 13.7. The molecule has 0 aromatic heterocycles. The highest BCUT2D eigenvalue weighted by Gasteiger charge is 2.36. The molecular weight excluding hydrogens is 1710 g/mol. The summed E-state index contributed by atoms with van der Waals surface area (Å²) in [5.74, 6) is -13.0. The smallest absolute Gasteiger partial charge is 0.321 e. The van der Waals surface area contributed by atoms with Gasteiger partial charge in [0.1, 0.15) is 83.4 Å². The summed E-state index contributed by atoms with van der Waals surface area (Å²) >= 11 is 0. The summed E-state index contributed by atoms with van der Waals surface area (Å²) in [7, 11) is 0. The number of guanidine groups is 4. The summed E-state index contributed by atoms with van der Waals surface area (Å²) in [6.45, 7) is 7.13. The number of hydrogen-bond acceptors (Lipinski definition) is 22. The maximum atomic E-state index is 14.9. The van der Waals surface area contributed by atoms with Crippen LogP contribution in [0.1, 0.15) is 182 Å². The molecular formula is C88H136N26O18. The van der Waals surface area contributed by atoms with Gasteiger partial charge in [0.25, 0.3) is 0 Å². The number of amides is 15. The van der Waals surface area contributed by atoms with E-state index >= 15 is 0 Å². The molecule has 726 valence electrons. The lowest BCUT2D eigenvalue weighted by Crippen LogP contribution is -2.59. The van der Waals surface area contributed by atoms with Crippen LogP contribution < -0.4 is 119 Å². The minimum atomic E-state index is -1.52. The second-order valence-corrected chi connectivity index (χ2v) is 32.7. The van der Waals surface area contributed by atoms with Crippen molar-refractivity contribution in [1.29, 1.82) is 21.6 Å². The number of primary amides is 2. The second-order valence-electron chi connectivity index (χ2n) is 32.7. The van der Waals surface area contributed by atoms with E-state index in [0.29, 0.717) is 47.9 Å². The zero-order valence-electron chi connectivity index (χ0n) is 77.1. The Morgan fingerprint density at radius 2 is 0.568 bits per heavy atom. The molecule has 0 fully saturated rings. The van der Waals surface area contributed by atoms with Gasteiger partial charge in [-0.3, -0.25) is 89.3 Å². The van der Waals surface area contributed by atoms with Crippen molar-refractivity contribution in [2.24, 2.45) is 40.5 Å². The summed E-state index contributed by atoms with van der Waals surface area (Å²) in [6.07, 6.45) is -0.233. The van der Waals surface area contributed by atoms with Crippen molar-refractivity contribution in [2.75, 3.05) is 39.3 Å². The number of phenols is 4. The van der Waals surface area contributed by atoms with E-state index in [9.17, 15) is 87.5 Å². The van der Waals surface area contributed by atoms with Crippen LogP contribution in [0.2, 0.25) is 0 Å². The Morgan fingerprint density at radius 3 is 0.856 bits per heavy atom. The molecule has 4 rings (SSSR count). The molecule has 0 saturated carbocycles. The van der Waals surface area contributed by atoms with Crippen molar-refractivity contribution in [3.63, 3.8) is 0 Å². The molecule has 4 aromatic carbocycles. The Hall–Kier alpha value is -14.3. The van der Waals surface area contributed by atoms with E-state index in [4.69, 9.17) is 53.0 Å². The van der Waals surface area contributed by atoms with Crippen molar-refractivity contribution in [3.05, 3.63) is 119 Å². The highest BCUT2D eigenvalue weighted by Crippen LogP contribution is 2.20. The van der Waals surface area contributed by atoms with Crippen LogP contribution in [-0.2, 0) is 88.0 Å². The van der Waals surface area contributed by atoms with Crippen LogP contribution in [0.25, 0.3) is 0 Å². The molecule has 0 aliphatic carbocycles. The average molecular weight is 1850 g/mol. The Balaban J connectivity index is 1.56. The maximum absolute atomic E-state index is 14.9. The summed E-state index contributed by atoms with van der Waals surface area (Å²) in [6, 6.07) is 8.57. The molecule has 44 heteroatoms. The van der Waals surface area contributed by atoms with Gasteiger partial charge in [-0.1, -0.05) is 96.0 Å². The number of unbranched alkanes of at least 4 members (excludes halogenated alkanes) is 4. The van der Waals surface area contributed by atoms with Crippen LogP contribution in [0.5, 0.6) is 23.0 Å². The second kappa shape index (κ2) is 59.8. The van der Waals surface area contributed by atoms with E-state index in [1.807, 2.05) is 0 Å². The van der Waals surface area contributed by atoms with E-state index in [0.717, 1.165) is 0 Å². The standard InChI is InChI=1S/C88H136N26O18/c1-6-71(119)98-39-11-12-40-103-88(132)114-87(97)102-44-16-20-64(79(127)113-68(46-52(4)5)81(129)107-62(18-14-42-100-85(93)94)77(125)111-66(75(90)123)48-54-25-33-58(116)34-26-54)109-83(131)70(50-56-29-37-60(118)38-30-56)105-73(121)22-10-8-7-9-21-72(120)104-69(49-55-27-35-59(117)36-28-55)82(130)108-63(19-15-43-101-86(95)96)78(126)112-67(45-51(2)3)80(128)106-61(17-13-41-99-84(91)92)76(124)110-65(74(89)122)47-53-23-31-57(115)32-24-53/h23-38,51-52,61-70,115-118H,6-22,39-50H2,1-5H3,(H2,89,122)(H2,90,123)(H,98,119)(H,104,120)(H,105,121)(H,106,128)(H,107,129)(H,108,130)(H,109,131)(H,110,124)(H,111,125)(H,112,126)(H,113,127)(H4,91,92,99)(H4,93,94,100)(H4,95,96,101)(H4,97,102,103,114,132)/t61-,62-,63-,64-,65-,66-,67-,68-,69-,70-/m0/s1/i1T,6T/t6?,61-,62-,63-,64-,65-,66-,67-,68-,69-,70-. The van der Waals surface area contributed by atoms with Crippen LogP contribution in [0, 0.1) is 33.5 Å². The third-order valence-electron chi connectivity index (χ3n) is 20.4. The number of rotatable bonds is 61. The topological polar surface area (TPSA) is 750 Å².